The van der Waals surface area contributed by atoms with Crippen LogP contribution >= 0.6 is 0 Å². The normalized spacial score (nSPS) is 28.8. The van der Waals surface area contributed by atoms with Gasteiger partial charge in [-0.15, -0.1) is 0 Å². The van der Waals surface area contributed by atoms with Crippen LogP contribution in [0.1, 0.15) is 32.8 Å². The highest BCUT2D eigenvalue weighted by atomic mass is 32.2. The van der Waals surface area contributed by atoms with Gasteiger partial charge in [-0.25, -0.2) is 22.7 Å². The summed E-state index contributed by atoms with van der Waals surface area (Å²) in [4.78, 5) is 25.8. The third kappa shape index (κ3) is 6.84. The molecule has 1 N–H and O–H groups in total. The molecule has 38 heavy (non-hydrogen) atoms. The lowest BCUT2D eigenvalue weighted by atomic mass is 9.75. The van der Waals surface area contributed by atoms with Crippen LogP contribution in [0.3, 0.4) is 0 Å². The Balaban J connectivity index is 1.62. The molecule has 10 nitrogen and oxygen atoms in total. The Hall–Kier alpha value is -2.25. The van der Waals surface area contributed by atoms with Crippen molar-refractivity contribution in [3.63, 3.8) is 0 Å². The molecule has 3 aliphatic rings. The quantitative estimate of drug-likeness (QED) is 0.369. The number of carbonyl (C=O) groups is 2. The van der Waals surface area contributed by atoms with E-state index in [1.165, 1.54) is 0 Å². The summed E-state index contributed by atoms with van der Waals surface area (Å²) in [6.07, 6.45) is -2.91. The molecule has 12 heteroatoms. The van der Waals surface area contributed by atoms with Gasteiger partial charge in [-0.3, -0.25) is 0 Å². The number of carbonyl (C=O) groups excluding carboxylic acids is 2. The summed E-state index contributed by atoms with van der Waals surface area (Å²) >= 11 is 0. The summed E-state index contributed by atoms with van der Waals surface area (Å²) in [5.41, 5.74) is 0.844. The van der Waals surface area contributed by atoms with Gasteiger partial charge in [0.05, 0.1) is 29.6 Å². The number of cyclic esters (lactones) is 1. The molecule has 0 bridgehead atoms. The maximum Gasteiger partial charge on any atom is 0.513 e. The predicted octanol–water partition coefficient (Wildman–Crippen LogP) is 3.71. The van der Waals surface area contributed by atoms with Crippen LogP contribution in [-0.2, 0) is 45.1 Å². The van der Waals surface area contributed by atoms with Crippen LogP contribution in [0, 0.1) is 5.92 Å². The van der Waals surface area contributed by atoms with Crippen molar-refractivity contribution < 1.29 is 41.7 Å². The topological polar surface area (TPSA) is 126 Å². The van der Waals surface area contributed by atoms with E-state index in [0.717, 1.165) is 5.56 Å². The van der Waals surface area contributed by atoms with Crippen LogP contribution in [0.25, 0.3) is 0 Å². The third-order valence-corrected chi connectivity index (χ3v) is 10.3. The zero-order chi connectivity index (χ0) is 27.9. The fourth-order valence-electron chi connectivity index (χ4n) is 5.02. The molecule has 2 heterocycles. The first-order valence-corrected chi connectivity index (χ1v) is 18.2. The van der Waals surface area contributed by atoms with Gasteiger partial charge in [-0.1, -0.05) is 50.0 Å². The van der Waals surface area contributed by atoms with E-state index in [-0.39, 0.29) is 30.1 Å². The Morgan fingerprint density at radius 2 is 1.84 bits per heavy atom. The SMILES string of the molecule is C[C@H]1OC(=O)C2=C(OC(=O)OCc3ccccc3)C[C@H]3OC(C)(C)O[C@@H]3[C@H]2[C@H]1NS(=O)(=O)CC[Si](C)(C)C. The minimum absolute atomic E-state index is 0.00853. The summed E-state index contributed by atoms with van der Waals surface area (Å²) in [6.45, 7) is 11.4. The fourth-order valence-corrected chi connectivity index (χ4v) is 9.41. The molecular weight excluding hydrogens is 530 g/mol. The van der Waals surface area contributed by atoms with E-state index < -0.39 is 66.3 Å². The Bertz CT molecular complexity index is 1190. The molecule has 2 fully saturated rings. The lowest BCUT2D eigenvalue weighted by Gasteiger charge is -2.43. The van der Waals surface area contributed by atoms with Gasteiger partial charge in [0, 0.05) is 20.4 Å². The first-order valence-electron chi connectivity index (χ1n) is 12.8. The van der Waals surface area contributed by atoms with Crippen molar-refractivity contribution in [2.45, 2.75) is 89.6 Å². The van der Waals surface area contributed by atoms with Crippen molar-refractivity contribution in [1.29, 1.82) is 0 Å². The molecule has 2 saturated heterocycles. The molecule has 1 aromatic carbocycles. The molecule has 0 amide bonds. The monoisotopic (exact) mass is 567 g/mol. The molecule has 0 saturated carbocycles. The average molecular weight is 568 g/mol. The van der Waals surface area contributed by atoms with Crippen LogP contribution in [0.5, 0.6) is 0 Å². The van der Waals surface area contributed by atoms with Crippen LogP contribution in [0.15, 0.2) is 41.7 Å². The number of benzene rings is 1. The number of rotatable bonds is 8. The van der Waals surface area contributed by atoms with Gasteiger partial charge in [-0.05, 0) is 32.4 Å². The van der Waals surface area contributed by atoms with Gasteiger partial charge >= 0.3 is 12.1 Å². The predicted molar refractivity (Wildman–Crippen MR) is 141 cm³/mol. The van der Waals surface area contributed by atoms with E-state index in [1.807, 2.05) is 18.2 Å². The van der Waals surface area contributed by atoms with E-state index in [4.69, 9.17) is 23.7 Å². The summed E-state index contributed by atoms with van der Waals surface area (Å²) < 4.78 is 57.6. The van der Waals surface area contributed by atoms with Gasteiger partial charge in [0.15, 0.2) is 5.79 Å². The number of ether oxygens (including phenoxy) is 5. The van der Waals surface area contributed by atoms with E-state index in [1.54, 1.807) is 32.9 Å². The van der Waals surface area contributed by atoms with Crippen LogP contribution in [0.2, 0.25) is 25.7 Å². The summed E-state index contributed by atoms with van der Waals surface area (Å²) in [5, 5.41) is 0. The lowest BCUT2D eigenvalue weighted by molar-refractivity contribution is -0.161. The molecule has 5 atom stereocenters. The second kappa shape index (κ2) is 10.7. The summed E-state index contributed by atoms with van der Waals surface area (Å²) in [6, 6.07) is 8.86. The number of fused-ring (bicyclic) bond motifs is 3. The largest absolute Gasteiger partial charge is 0.513 e. The molecule has 0 aromatic heterocycles. The molecule has 1 aliphatic carbocycles. The highest BCUT2D eigenvalue weighted by molar-refractivity contribution is 7.89. The van der Waals surface area contributed by atoms with Gasteiger partial charge in [0.25, 0.3) is 0 Å². The lowest BCUT2D eigenvalue weighted by Crippen LogP contribution is -2.60. The fraction of sp³-hybridized carbons (Fsp3) is 0.615. The van der Waals surface area contributed by atoms with Crippen LogP contribution < -0.4 is 4.72 Å². The van der Waals surface area contributed by atoms with Gasteiger partial charge < -0.3 is 23.7 Å². The molecule has 0 unspecified atom stereocenters. The molecular formula is C26H37NO9SSi. The molecule has 1 aromatic rings. The minimum atomic E-state index is -3.71. The second-order valence-electron chi connectivity index (χ2n) is 11.7. The minimum Gasteiger partial charge on any atom is -0.457 e. The molecule has 2 aliphatic heterocycles. The zero-order valence-electron chi connectivity index (χ0n) is 22.7. The van der Waals surface area contributed by atoms with E-state index >= 15 is 0 Å². The van der Waals surface area contributed by atoms with Crippen LogP contribution in [-0.4, -0.2) is 64.5 Å². The first-order chi connectivity index (χ1) is 17.6. The highest BCUT2D eigenvalue weighted by Crippen LogP contribution is 2.47. The number of nitrogens with one attached hydrogen (secondary N) is 1. The van der Waals surface area contributed by atoms with Crippen molar-refractivity contribution in [2.24, 2.45) is 5.92 Å². The van der Waals surface area contributed by atoms with E-state index in [0.29, 0.717) is 6.04 Å². The van der Waals surface area contributed by atoms with Gasteiger partial charge in [-0.2, -0.15) is 0 Å². The van der Waals surface area contributed by atoms with E-state index in [2.05, 4.69) is 24.4 Å². The number of esters is 1. The smallest absolute Gasteiger partial charge is 0.457 e. The summed E-state index contributed by atoms with van der Waals surface area (Å²) in [7, 11) is -5.34. The number of hydrogen-bond acceptors (Lipinski definition) is 9. The van der Waals surface area contributed by atoms with Gasteiger partial charge in [0.2, 0.25) is 10.0 Å². The maximum atomic E-state index is 13.1. The summed E-state index contributed by atoms with van der Waals surface area (Å²) in [5.74, 6) is -2.44. The number of sulfonamides is 1. The first kappa shape index (κ1) is 28.7. The molecule has 210 valence electrons. The molecule has 4 rings (SSSR count). The van der Waals surface area contributed by atoms with Gasteiger partial charge in [0.1, 0.15) is 18.5 Å². The average Bonchev–Trinajstić information content (AvgIpc) is 3.12. The second-order valence-corrected chi connectivity index (χ2v) is 19.2. The van der Waals surface area contributed by atoms with E-state index in [9.17, 15) is 18.0 Å². The number of hydrogen-bond donors (Lipinski definition) is 1. The molecule has 0 spiro atoms. The van der Waals surface area contributed by atoms with Crippen molar-refractivity contribution in [1.82, 2.24) is 4.72 Å². The van der Waals surface area contributed by atoms with Crippen molar-refractivity contribution in [2.75, 3.05) is 5.75 Å². The van der Waals surface area contributed by atoms with Crippen molar-refractivity contribution >= 4 is 30.2 Å². The molecule has 0 radical (unpaired) electrons. The zero-order valence-corrected chi connectivity index (χ0v) is 24.5. The Labute approximate surface area is 225 Å². The Morgan fingerprint density at radius 1 is 1.16 bits per heavy atom. The Morgan fingerprint density at radius 3 is 2.50 bits per heavy atom. The van der Waals surface area contributed by atoms with Crippen molar-refractivity contribution in [3.05, 3.63) is 47.2 Å². The third-order valence-electron chi connectivity index (χ3n) is 6.84. The maximum absolute atomic E-state index is 13.1. The Kier molecular flexibility index (Phi) is 8.11. The highest BCUT2D eigenvalue weighted by Gasteiger charge is 2.58. The standard InChI is InChI=1S/C26H37NO9SSi/c1-16-22(27-37(30,31)12-13-38(4,5)6)21-20(24(28)33-16)18(14-19-23(21)36-26(2,3)35-19)34-25(29)32-15-17-10-8-7-9-11-17/h7-11,16,19,21-23,27H,12-15H2,1-6H3/t16-,19-,21-,22+,23+/m1/s1. The van der Waals surface area contributed by atoms with Crippen LogP contribution in [0.4, 0.5) is 4.79 Å². The van der Waals surface area contributed by atoms with Crippen molar-refractivity contribution in [3.8, 4) is 0 Å².